The maximum absolute atomic E-state index is 13.2. The standard InChI is InChI=1S/C23H27N3O4S/c1-15-11-24-23(31-13-18-5-3-9-28-18)25-21(15)17-4-2-8-26(12-17)22(27)16-6-7-19-20(10-16)30-14-29-19/h6-7,10-11,17-18H,2-5,8-9,12-14H2,1H3/t17-,18-/m1/s1. The smallest absolute Gasteiger partial charge is 0.254 e. The fraction of sp³-hybridized carbons (Fsp3) is 0.522. The summed E-state index contributed by atoms with van der Waals surface area (Å²) in [6, 6.07) is 5.41. The van der Waals surface area contributed by atoms with E-state index in [0.717, 1.165) is 61.0 Å². The number of aryl methyl sites for hydroxylation is 1. The fourth-order valence-corrected chi connectivity index (χ4v) is 5.35. The minimum absolute atomic E-state index is 0.0303. The molecule has 5 rings (SSSR count). The van der Waals surface area contributed by atoms with Crippen LogP contribution in [-0.2, 0) is 4.74 Å². The van der Waals surface area contributed by atoms with Crippen LogP contribution in [0.5, 0.6) is 11.5 Å². The summed E-state index contributed by atoms with van der Waals surface area (Å²) >= 11 is 1.67. The van der Waals surface area contributed by atoms with E-state index in [9.17, 15) is 4.79 Å². The molecular formula is C23H27N3O4S. The van der Waals surface area contributed by atoms with Gasteiger partial charge in [-0.05, 0) is 56.4 Å². The number of hydrogen-bond acceptors (Lipinski definition) is 7. The molecule has 7 nitrogen and oxygen atoms in total. The number of ether oxygens (including phenoxy) is 3. The van der Waals surface area contributed by atoms with Crippen LogP contribution in [0.4, 0.5) is 0 Å². The number of thioether (sulfide) groups is 1. The average Bonchev–Trinajstić information content (AvgIpc) is 3.49. The number of amides is 1. The Balaban J connectivity index is 1.28. The molecule has 3 aliphatic rings. The van der Waals surface area contributed by atoms with Crippen LogP contribution in [0.25, 0.3) is 0 Å². The van der Waals surface area contributed by atoms with Gasteiger partial charge in [-0.1, -0.05) is 11.8 Å². The zero-order valence-corrected chi connectivity index (χ0v) is 18.5. The van der Waals surface area contributed by atoms with E-state index in [1.165, 1.54) is 0 Å². The number of likely N-dealkylation sites (tertiary alicyclic amines) is 1. The third kappa shape index (κ3) is 4.50. The van der Waals surface area contributed by atoms with Gasteiger partial charge in [0.2, 0.25) is 6.79 Å². The second kappa shape index (κ2) is 9.04. The lowest BCUT2D eigenvalue weighted by molar-refractivity contribution is 0.0705. The molecule has 1 aromatic carbocycles. The number of piperidine rings is 1. The van der Waals surface area contributed by atoms with Crippen LogP contribution in [-0.4, -0.2) is 59.1 Å². The molecule has 31 heavy (non-hydrogen) atoms. The molecule has 2 aromatic rings. The topological polar surface area (TPSA) is 73.8 Å². The quantitative estimate of drug-likeness (QED) is 0.516. The average molecular weight is 442 g/mol. The summed E-state index contributed by atoms with van der Waals surface area (Å²) in [6.07, 6.45) is 6.47. The zero-order valence-electron chi connectivity index (χ0n) is 17.7. The van der Waals surface area contributed by atoms with Gasteiger partial charge in [-0.2, -0.15) is 0 Å². The Morgan fingerprint density at radius 2 is 2.13 bits per heavy atom. The van der Waals surface area contributed by atoms with Gasteiger partial charge in [0.25, 0.3) is 5.91 Å². The normalized spacial score (nSPS) is 22.7. The fourth-order valence-electron chi connectivity index (χ4n) is 4.46. The second-order valence-electron chi connectivity index (χ2n) is 8.33. The predicted molar refractivity (Wildman–Crippen MR) is 117 cm³/mol. The Morgan fingerprint density at radius 1 is 1.23 bits per heavy atom. The van der Waals surface area contributed by atoms with Crippen molar-refractivity contribution in [1.82, 2.24) is 14.9 Å². The Morgan fingerprint density at radius 3 is 3.00 bits per heavy atom. The van der Waals surface area contributed by atoms with Crippen molar-refractivity contribution in [2.24, 2.45) is 0 Å². The van der Waals surface area contributed by atoms with Crippen LogP contribution in [0, 0.1) is 6.92 Å². The third-order valence-electron chi connectivity index (χ3n) is 6.13. The molecule has 0 aliphatic carbocycles. The third-order valence-corrected chi connectivity index (χ3v) is 7.12. The van der Waals surface area contributed by atoms with Gasteiger partial charge in [0.1, 0.15) is 0 Å². The lowest BCUT2D eigenvalue weighted by Crippen LogP contribution is -2.39. The minimum Gasteiger partial charge on any atom is -0.454 e. The zero-order chi connectivity index (χ0) is 21.2. The number of aromatic nitrogens is 2. The first-order chi connectivity index (χ1) is 15.2. The van der Waals surface area contributed by atoms with Gasteiger partial charge < -0.3 is 19.1 Å². The summed E-state index contributed by atoms with van der Waals surface area (Å²) in [5.41, 5.74) is 2.79. The van der Waals surface area contributed by atoms with Crippen molar-refractivity contribution in [2.45, 2.75) is 49.8 Å². The monoisotopic (exact) mass is 441 g/mol. The molecule has 3 aliphatic heterocycles. The highest BCUT2D eigenvalue weighted by Crippen LogP contribution is 2.34. The van der Waals surface area contributed by atoms with Gasteiger partial charge in [0.05, 0.1) is 11.8 Å². The molecule has 4 heterocycles. The lowest BCUT2D eigenvalue weighted by atomic mass is 9.92. The van der Waals surface area contributed by atoms with E-state index in [-0.39, 0.29) is 18.6 Å². The molecule has 0 N–H and O–H groups in total. The van der Waals surface area contributed by atoms with Gasteiger partial charge in [0.15, 0.2) is 16.7 Å². The highest BCUT2D eigenvalue weighted by atomic mass is 32.2. The van der Waals surface area contributed by atoms with Crippen molar-refractivity contribution in [3.05, 3.63) is 41.2 Å². The number of carbonyl (C=O) groups is 1. The number of benzene rings is 1. The van der Waals surface area contributed by atoms with Crippen molar-refractivity contribution < 1.29 is 19.0 Å². The van der Waals surface area contributed by atoms with E-state index < -0.39 is 0 Å². The van der Waals surface area contributed by atoms with Crippen molar-refractivity contribution in [2.75, 3.05) is 32.2 Å². The van der Waals surface area contributed by atoms with Crippen LogP contribution < -0.4 is 9.47 Å². The van der Waals surface area contributed by atoms with Crippen LogP contribution >= 0.6 is 11.8 Å². The molecule has 1 amide bonds. The lowest BCUT2D eigenvalue weighted by Gasteiger charge is -2.33. The van der Waals surface area contributed by atoms with Gasteiger partial charge >= 0.3 is 0 Å². The molecule has 2 atom stereocenters. The van der Waals surface area contributed by atoms with Crippen LogP contribution in [0.3, 0.4) is 0 Å². The molecule has 164 valence electrons. The first-order valence-corrected chi connectivity index (χ1v) is 11.9. The molecule has 2 saturated heterocycles. The summed E-state index contributed by atoms with van der Waals surface area (Å²) in [5, 5.41) is 0.801. The van der Waals surface area contributed by atoms with Crippen molar-refractivity contribution in [1.29, 1.82) is 0 Å². The molecule has 2 fully saturated rings. The largest absolute Gasteiger partial charge is 0.454 e. The molecule has 0 saturated carbocycles. The van der Waals surface area contributed by atoms with Gasteiger partial charge in [-0.25, -0.2) is 9.97 Å². The summed E-state index contributed by atoms with van der Waals surface area (Å²) in [5.74, 6) is 2.47. The molecule has 0 bridgehead atoms. The van der Waals surface area contributed by atoms with E-state index in [1.54, 1.807) is 17.8 Å². The van der Waals surface area contributed by atoms with Gasteiger partial charge in [-0.3, -0.25) is 4.79 Å². The van der Waals surface area contributed by atoms with Crippen molar-refractivity contribution >= 4 is 17.7 Å². The molecule has 0 unspecified atom stereocenters. The number of hydrogen-bond donors (Lipinski definition) is 0. The molecular weight excluding hydrogens is 414 g/mol. The van der Waals surface area contributed by atoms with Crippen molar-refractivity contribution in [3.63, 3.8) is 0 Å². The summed E-state index contributed by atoms with van der Waals surface area (Å²) < 4.78 is 16.5. The molecule has 8 heteroatoms. The van der Waals surface area contributed by atoms with E-state index in [1.807, 2.05) is 23.2 Å². The van der Waals surface area contributed by atoms with Crippen LogP contribution in [0.2, 0.25) is 0 Å². The first kappa shape index (κ1) is 20.6. The molecule has 0 radical (unpaired) electrons. The number of nitrogens with zero attached hydrogens (tertiary/aromatic N) is 3. The number of carbonyl (C=O) groups excluding carboxylic acids is 1. The number of fused-ring (bicyclic) bond motifs is 1. The SMILES string of the molecule is Cc1cnc(SC[C@H]2CCCO2)nc1[C@@H]1CCCN(C(=O)c2ccc3c(c2)OCO3)C1. The minimum atomic E-state index is 0.0303. The Labute approximate surface area is 186 Å². The number of rotatable bonds is 5. The summed E-state index contributed by atoms with van der Waals surface area (Å²) in [4.78, 5) is 24.5. The van der Waals surface area contributed by atoms with E-state index in [0.29, 0.717) is 29.7 Å². The molecule has 1 aromatic heterocycles. The van der Waals surface area contributed by atoms with E-state index in [2.05, 4.69) is 11.9 Å². The Kier molecular flexibility index (Phi) is 6.00. The molecule has 0 spiro atoms. The van der Waals surface area contributed by atoms with Crippen LogP contribution in [0.1, 0.15) is 53.2 Å². The Hall–Kier alpha value is -2.32. The maximum atomic E-state index is 13.2. The van der Waals surface area contributed by atoms with Crippen LogP contribution in [0.15, 0.2) is 29.6 Å². The van der Waals surface area contributed by atoms with Gasteiger partial charge in [0, 0.05) is 43.1 Å². The van der Waals surface area contributed by atoms with Gasteiger partial charge in [-0.15, -0.1) is 0 Å². The second-order valence-corrected chi connectivity index (χ2v) is 9.31. The maximum Gasteiger partial charge on any atom is 0.254 e. The predicted octanol–water partition coefficient (Wildman–Crippen LogP) is 3.80. The highest BCUT2D eigenvalue weighted by Gasteiger charge is 2.29. The van der Waals surface area contributed by atoms with E-state index >= 15 is 0 Å². The van der Waals surface area contributed by atoms with E-state index in [4.69, 9.17) is 19.2 Å². The first-order valence-electron chi connectivity index (χ1n) is 10.9. The summed E-state index contributed by atoms with van der Waals surface area (Å²) in [7, 11) is 0. The summed E-state index contributed by atoms with van der Waals surface area (Å²) in [6.45, 7) is 4.55. The highest BCUT2D eigenvalue weighted by molar-refractivity contribution is 7.99. The Bertz CT molecular complexity index is 964. The van der Waals surface area contributed by atoms with Crippen molar-refractivity contribution in [3.8, 4) is 11.5 Å².